The van der Waals surface area contributed by atoms with Crippen molar-refractivity contribution in [3.8, 4) is 11.8 Å². The summed E-state index contributed by atoms with van der Waals surface area (Å²) in [5, 5.41) is 18.6. The molecular formula is C14H20N2O2. The Labute approximate surface area is 108 Å². The molecule has 0 aliphatic rings. The second-order valence-corrected chi connectivity index (χ2v) is 5.01. The monoisotopic (exact) mass is 248 g/mol. The van der Waals surface area contributed by atoms with E-state index in [1.165, 1.54) is 0 Å². The van der Waals surface area contributed by atoms with Gasteiger partial charge < -0.3 is 14.7 Å². The van der Waals surface area contributed by atoms with Crippen molar-refractivity contribution in [3.05, 3.63) is 29.8 Å². The van der Waals surface area contributed by atoms with Crippen molar-refractivity contribution in [2.45, 2.75) is 19.4 Å². The summed E-state index contributed by atoms with van der Waals surface area (Å²) < 4.78 is 5.57. The minimum Gasteiger partial charge on any atom is -0.491 e. The molecule has 98 valence electrons. The summed E-state index contributed by atoms with van der Waals surface area (Å²) >= 11 is 0. The molecular weight excluding hydrogens is 228 g/mol. The third-order valence-electron chi connectivity index (χ3n) is 2.39. The number of rotatable bonds is 6. The molecule has 0 amide bonds. The van der Waals surface area contributed by atoms with E-state index in [4.69, 9.17) is 10.00 Å². The van der Waals surface area contributed by atoms with Gasteiger partial charge in [-0.2, -0.15) is 5.26 Å². The Morgan fingerprint density at radius 1 is 1.39 bits per heavy atom. The molecule has 1 aromatic carbocycles. The molecule has 1 aromatic rings. The average Bonchev–Trinajstić information content (AvgIpc) is 2.27. The first-order valence-electron chi connectivity index (χ1n) is 5.95. The van der Waals surface area contributed by atoms with Crippen LogP contribution in [0.4, 0.5) is 0 Å². The van der Waals surface area contributed by atoms with E-state index in [2.05, 4.69) is 6.07 Å². The van der Waals surface area contributed by atoms with Gasteiger partial charge in [-0.05, 0) is 33.0 Å². The summed E-state index contributed by atoms with van der Waals surface area (Å²) in [7, 11) is 1.93. The number of para-hydroxylation sites is 1. The van der Waals surface area contributed by atoms with Gasteiger partial charge in [-0.3, -0.25) is 0 Å². The number of aliphatic hydroxyl groups is 1. The predicted octanol–water partition coefficient (Wildman–Crippen LogP) is 1.64. The van der Waals surface area contributed by atoms with Crippen LogP contribution in [-0.4, -0.2) is 42.4 Å². The molecule has 0 aliphatic carbocycles. The molecule has 0 radical (unpaired) electrons. The molecule has 0 saturated carbocycles. The molecule has 0 unspecified atom stereocenters. The van der Waals surface area contributed by atoms with Crippen LogP contribution in [-0.2, 0) is 0 Å². The van der Waals surface area contributed by atoms with E-state index >= 15 is 0 Å². The van der Waals surface area contributed by atoms with Crippen molar-refractivity contribution < 1.29 is 9.84 Å². The van der Waals surface area contributed by atoms with Crippen LogP contribution in [0.1, 0.15) is 19.4 Å². The second-order valence-electron chi connectivity index (χ2n) is 5.01. The maximum Gasteiger partial charge on any atom is 0.137 e. The Bertz CT molecular complexity index is 419. The Kier molecular flexibility index (Phi) is 5.14. The lowest BCUT2D eigenvalue weighted by atomic mass is 10.1. The largest absolute Gasteiger partial charge is 0.491 e. The standard InChI is InChI=1S/C14H20N2O2/c1-14(2,17)11-16(3)8-9-18-13-7-5-4-6-12(13)10-15/h4-7,17H,8-9,11H2,1-3H3. The Balaban J connectivity index is 2.40. The maximum absolute atomic E-state index is 9.66. The molecule has 0 spiro atoms. The normalized spacial score (nSPS) is 11.3. The number of likely N-dealkylation sites (N-methyl/N-ethyl adjacent to an activating group) is 1. The van der Waals surface area contributed by atoms with Gasteiger partial charge in [0.15, 0.2) is 0 Å². The molecule has 0 saturated heterocycles. The molecule has 1 N–H and O–H groups in total. The zero-order valence-electron chi connectivity index (χ0n) is 11.2. The van der Waals surface area contributed by atoms with Gasteiger partial charge in [0, 0.05) is 13.1 Å². The van der Waals surface area contributed by atoms with Crippen molar-refractivity contribution in [2.75, 3.05) is 26.7 Å². The topological polar surface area (TPSA) is 56.5 Å². The lowest BCUT2D eigenvalue weighted by molar-refractivity contribution is 0.0411. The molecule has 18 heavy (non-hydrogen) atoms. The van der Waals surface area contributed by atoms with Gasteiger partial charge in [0.2, 0.25) is 0 Å². The summed E-state index contributed by atoms with van der Waals surface area (Å²) in [5.74, 6) is 0.608. The van der Waals surface area contributed by atoms with Crippen LogP contribution in [0.5, 0.6) is 5.75 Å². The molecule has 4 heteroatoms. The fourth-order valence-corrected chi connectivity index (χ4v) is 1.74. The Morgan fingerprint density at radius 3 is 2.67 bits per heavy atom. The van der Waals surface area contributed by atoms with E-state index in [1.807, 2.05) is 24.1 Å². The van der Waals surface area contributed by atoms with Gasteiger partial charge in [-0.1, -0.05) is 12.1 Å². The lowest BCUT2D eigenvalue weighted by Crippen LogP contribution is -2.38. The second kappa shape index (κ2) is 6.39. The van der Waals surface area contributed by atoms with E-state index in [-0.39, 0.29) is 0 Å². The highest BCUT2D eigenvalue weighted by atomic mass is 16.5. The quantitative estimate of drug-likeness (QED) is 0.831. The van der Waals surface area contributed by atoms with Crippen molar-refractivity contribution in [1.82, 2.24) is 4.90 Å². The first-order valence-corrected chi connectivity index (χ1v) is 5.95. The smallest absolute Gasteiger partial charge is 0.137 e. The first kappa shape index (κ1) is 14.5. The van der Waals surface area contributed by atoms with Crippen molar-refractivity contribution >= 4 is 0 Å². The summed E-state index contributed by atoms with van der Waals surface area (Å²) in [6.45, 7) is 5.32. The van der Waals surface area contributed by atoms with E-state index < -0.39 is 5.60 Å². The van der Waals surface area contributed by atoms with Crippen molar-refractivity contribution in [2.24, 2.45) is 0 Å². The van der Waals surface area contributed by atoms with Gasteiger partial charge >= 0.3 is 0 Å². The SMILES string of the molecule is CN(CCOc1ccccc1C#N)CC(C)(C)O. The number of benzene rings is 1. The van der Waals surface area contributed by atoms with Crippen LogP contribution >= 0.6 is 0 Å². The fraction of sp³-hybridized carbons (Fsp3) is 0.500. The predicted molar refractivity (Wildman–Crippen MR) is 70.4 cm³/mol. The van der Waals surface area contributed by atoms with E-state index in [0.717, 1.165) is 0 Å². The van der Waals surface area contributed by atoms with E-state index in [9.17, 15) is 5.11 Å². The summed E-state index contributed by atoms with van der Waals surface area (Å²) in [4.78, 5) is 2.00. The van der Waals surface area contributed by atoms with Crippen LogP contribution in [0.25, 0.3) is 0 Å². The molecule has 0 fully saturated rings. The maximum atomic E-state index is 9.66. The van der Waals surface area contributed by atoms with Gasteiger partial charge in [-0.25, -0.2) is 0 Å². The zero-order chi connectivity index (χ0) is 13.6. The number of nitrogens with zero attached hydrogens (tertiary/aromatic N) is 2. The minimum absolute atomic E-state index is 0.491. The Morgan fingerprint density at radius 2 is 2.06 bits per heavy atom. The lowest BCUT2D eigenvalue weighted by Gasteiger charge is -2.25. The molecule has 0 atom stereocenters. The molecule has 0 bridgehead atoms. The first-order chi connectivity index (χ1) is 8.42. The number of ether oxygens (including phenoxy) is 1. The molecule has 0 heterocycles. The number of hydrogen-bond acceptors (Lipinski definition) is 4. The molecule has 4 nitrogen and oxygen atoms in total. The van der Waals surface area contributed by atoms with Crippen LogP contribution < -0.4 is 4.74 Å². The summed E-state index contributed by atoms with van der Waals surface area (Å²) in [6, 6.07) is 9.27. The minimum atomic E-state index is -0.709. The number of nitriles is 1. The van der Waals surface area contributed by atoms with Gasteiger partial charge in [-0.15, -0.1) is 0 Å². The number of hydrogen-bond donors (Lipinski definition) is 1. The van der Waals surface area contributed by atoms with Crippen molar-refractivity contribution in [3.63, 3.8) is 0 Å². The third-order valence-corrected chi connectivity index (χ3v) is 2.39. The highest BCUT2D eigenvalue weighted by Gasteiger charge is 2.15. The summed E-state index contributed by atoms with van der Waals surface area (Å²) in [5.41, 5.74) is -0.165. The van der Waals surface area contributed by atoms with Crippen molar-refractivity contribution in [1.29, 1.82) is 5.26 Å². The van der Waals surface area contributed by atoms with Crippen LogP contribution in [0, 0.1) is 11.3 Å². The average molecular weight is 248 g/mol. The van der Waals surface area contributed by atoms with Crippen LogP contribution in [0.15, 0.2) is 24.3 Å². The fourth-order valence-electron chi connectivity index (χ4n) is 1.74. The highest BCUT2D eigenvalue weighted by molar-refractivity contribution is 5.42. The highest BCUT2D eigenvalue weighted by Crippen LogP contribution is 2.16. The van der Waals surface area contributed by atoms with E-state index in [1.54, 1.807) is 26.0 Å². The summed E-state index contributed by atoms with van der Waals surface area (Å²) in [6.07, 6.45) is 0. The zero-order valence-corrected chi connectivity index (χ0v) is 11.2. The van der Waals surface area contributed by atoms with Gasteiger partial charge in [0.1, 0.15) is 18.4 Å². The third kappa shape index (κ3) is 5.17. The van der Waals surface area contributed by atoms with Gasteiger partial charge in [0.05, 0.1) is 11.2 Å². The molecule has 0 aliphatic heterocycles. The van der Waals surface area contributed by atoms with E-state index in [0.29, 0.717) is 31.0 Å². The van der Waals surface area contributed by atoms with Gasteiger partial charge in [0.25, 0.3) is 0 Å². The Hall–Kier alpha value is -1.57. The molecule has 1 rings (SSSR count). The molecule has 0 aromatic heterocycles. The van der Waals surface area contributed by atoms with Crippen LogP contribution in [0.2, 0.25) is 0 Å². The van der Waals surface area contributed by atoms with Crippen LogP contribution in [0.3, 0.4) is 0 Å².